The number of carboxylic acid groups (broad SMARTS) is 2. The molecule has 51 heavy (non-hydrogen) atoms. The summed E-state index contributed by atoms with van der Waals surface area (Å²) in [5, 5.41) is 68.1. The normalized spacial score (nSPS) is 10.6. The van der Waals surface area contributed by atoms with Crippen LogP contribution >= 0.6 is 12.0 Å². The first-order valence-electron chi connectivity index (χ1n) is 12.6. The van der Waals surface area contributed by atoms with Gasteiger partial charge in [0.05, 0.1) is 33.1 Å². The number of aromatic hydroxyl groups is 2. The van der Waals surface area contributed by atoms with Gasteiger partial charge >= 0.3 is 212 Å². The Morgan fingerprint density at radius 2 is 1.35 bits per heavy atom. The number of aromatic carboxylic acids is 2. The number of rotatable bonds is 11. The first-order valence-corrected chi connectivity index (χ1v) is 14.8. The van der Waals surface area contributed by atoms with Crippen molar-refractivity contribution in [2.75, 3.05) is 10.6 Å². The number of para-hydroxylation sites is 1. The molecule has 4 N–H and O–H groups in total. The summed E-state index contributed by atoms with van der Waals surface area (Å²) in [6.07, 6.45) is 0. The van der Waals surface area contributed by atoms with Gasteiger partial charge in [-0.3, -0.25) is 0 Å². The number of hydrogen-bond donors (Lipinski definition) is 4. The Bertz CT molecular complexity index is 2220. The topological polar surface area (TPSA) is 298 Å². The summed E-state index contributed by atoms with van der Waals surface area (Å²) >= 11 is 0.141. The van der Waals surface area contributed by atoms with Crippen LogP contribution in [0.4, 0.5) is 34.6 Å². The van der Waals surface area contributed by atoms with Gasteiger partial charge in [-0.2, -0.15) is 15.0 Å². The minimum absolute atomic E-state index is 0. The molecule has 0 saturated carbocycles. The number of carbonyl (C=O) groups excluding carboxylic acids is 2. The van der Waals surface area contributed by atoms with E-state index < -0.39 is 50.3 Å². The maximum absolute atomic E-state index is 12.0. The van der Waals surface area contributed by atoms with Gasteiger partial charge in [0.15, 0.2) is 5.75 Å². The van der Waals surface area contributed by atoms with E-state index in [2.05, 4.69) is 40.1 Å². The molecule has 5 aromatic rings. The molecule has 0 radical (unpaired) electrons. The Morgan fingerprint density at radius 3 is 1.94 bits per heavy atom. The van der Waals surface area contributed by atoms with E-state index in [0.717, 1.165) is 18.2 Å². The Morgan fingerprint density at radius 1 is 0.784 bits per heavy atom. The molecule has 0 amide bonds. The largest absolute Gasteiger partial charge is 1.00 e. The third kappa shape index (κ3) is 12.8. The van der Waals surface area contributed by atoms with Crippen LogP contribution in [0, 0.1) is 0 Å². The van der Waals surface area contributed by atoms with E-state index in [0.29, 0.717) is 0 Å². The molecule has 24 heteroatoms. The van der Waals surface area contributed by atoms with Crippen LogP contribution in [0.15, 0.2) is 86.7 Å². The molecule has 0 saturated heterocycles. The van der Waals surface area contributed by atoms with Crippen LogP contribution in [-0.2, 0) is 14.5 Å². The van der Waals surface area contributed by atoms with Crippen LogP contribution in [0.1, 0.15) is 20.7 Å². The Kier molecular flexibility index (Phi) is 21.8. The summed E-state index contributed by atoms with van der Waals surface area (Å²) in [6.45, 7) is 0. The second-order valence-electron chi connectivity index (χ2n) is 9.12. The molecular weight excluding hydrogens is 819 g/mol. The van der Waals surface area contributed by atoms with E-state index in [4.69, 9.17) is 0 Å². The zero-order valence-electron chi connectivity index (χ0n) is 27.0. The average Bonchev–Trinajstić information content (AvgIpc) is 3.00. The molecule has 0 atom stereocenters. The standard InChI is InChI=1S/C27H19N7O11S2.4K/c35-22-20-12(10-19(46-45-41)21(22)34-33-17-8-4-2-6-15(17)24(38)39)9-13(47(42,43)44)11-18(20)29-26-30-25(31-27(40)32-26)28-16-7-3-1-5-14(16)23(36)37;;;;/h1-11,35,41H,(H,36,37)(H,38,39)(H,42,43,44)(H3,28,29,30,31,32,40);;;;/q;4*+1/p-4. The number of nitrogens with zero attached hydrogens (tertiary/aromatic N) is 5. The fourth-order valence-electron chi connectivity index (χ4n) is 4.22. The third-order valence-electron chi connectivity index (χ3n) is 6.18. The molecule has 0 fully saturated rings. The van der Waals surface area contributed by atoms with E-state index in [-0.39, 0.29) is 267 Å². The molecule has 4 aromatic carbocycles. The molecule has 18 nitrogen and oxygen atoms in total. The van der Waals surface area contributed by atoms with Gasteiger partial charge < -0.3 is 54.8 Å². The molecule has 1 heterocycles. The van der Waals surface area contributed by atoms with Crippen molar-refractivity contribution in [3.05, 3.63) is 77.9 Å². The number of azo groups is 1. The number of anilines is 4. The van der Waals surface area contributed by atoms with E-state index in [1.165, 1.54) is 48.5 Å². The molecule has 0 unspecified atom stereocenters. The molecule has 5 rings (SSSR count). The van der Waals surface area contributed by atoms with E-state index in [1.54, 1.807) is 0 Å². The Labute approximate surface area is 462 Å². The Balaban J connectivity index is 0.00000325. The number of hydrogen-bond acceptors (Lipinski definition) is 19. The monoisotopic (exact) mass is 833 g/mol. The minimum atomic E-state index is -5.14. The van der Waals surface area contributed by atoms with Crippen molar-refractivity contribution in [1.82, 2.24) is 15.0 Å². The van der Waals surface area contributed by atoms with Crippen molar-refractivity contribution < 1.29 is 258 Å². The van der Waals surface area contributed by atoms with Crippen molar-refractivity contribution >= 4 is 79.5 Å². The smallest absolute Gasteiger partial charge is 0.744 e. The summed E-state index contributed by atoms with van der Waals surface area (Å²) in [6, 6.07) is 12.8. The number of carboxylic acids is 2. The van der Waals surface area contributed by atoms with Gasteiger partial charge in [-0.25, -0.2) is 8.42 Å². The third-order valence-corrected chi connectivity index (χ3v) is 7.55. The van der Waals surface area contributed by atoms with Gasteiger partial charge in [-0.15, -0.1) is 10.2 Å². The maximum Gasteiger partial charge on any atom is 1.00 e. The van der Waals surface area contributed by atoms with Crippen molar-refractivity contribution in [2.45, 2.75) is 9.79 Å². The van der Waals surface area contributed by atoms with Crippen LogP contribution in [0.2, 0.25) is 0 Å². The number of fused-ring (bicyclic) bond motifs is 1. The molecule has 240 valence electrons. The predicted octanol–water partition coefficient (Wildman–Crippen LogP) is -10.7. The second kappa shape index (κ2) is 22.4. The van der Waals surface area contributed by atoms with Crippen molar-refractivity contribution in [1.29, 1.82) is 0 Å². The number of phenols is 1. The first kappa shape index (κ1) is 49.6. The van der Waals surface area contributed by atoms with Crippen molar-refractivity contribution in [3.8, 4) is 11.8 Å². The zero-order chi connectivity index (χ0) is 33.9. The quantitative estimate of drug-likeness (QED) is 0.0240. The minimum Gasteiger partial charge on any atom is -0.744 e. The fraction of sp³-hybridized carbons (Fsp3) is 0. The van der Waals surface area contributed by atoms with E-state index in [1.807, 2.05) is 0 Å². The van der Waals surface area contributed by atoms with Crippen LogP contribution in [0.5, 0.6) is 11.8 Å². The van der Waals surface area contributed by atoms with E-state index in [9.17, 15) is 48.2 Å². The zero-order valence-corrected chi connectivity index (χ0v) is 41.1. The number of aromatic nitrogens is 3. The van der Waals surface area contributed by atoms with Gasteiger partial charge in [0.25, 0.3) is 0 Å². The number of nitrogens with one attached hydrogen (secondary N) is 2. The molecule has 0 aliphatic heterocycles. The average molecular weight is 834 g/mol. The predicted molar refractivity (Wildman–Crippen MR) is 154 cm³/mol. The summed E-state index contributed by atoms with van der Waals surface area (Å²) in [5.74, 6) is -4.73. The fourth-order valence-corrected chi connectivity index (χ4v) is 5.22. The molecular formula is C27H15K4N7O11S2. The summed E-state index contributed by atoms with van der Waals surface area (Å²) in [5.41, 5.74) is -1.60. The van der Waals surface area contributed by atoms with Crippen LogP contribution in [0.3, 0.4) is 0 Å². The summed E-state index contributed by atoms with van der Waals surface area (Å²) < 4.78 is 40.0. The van der Waals surface area contributed by atoms with Crippen LogP contribution in [-0.4, -0.2) is 50.1 Å². The van der Waals surface area contributed by atoms with Crippen LogP contribution < -0.4 is 232 Å². The van der Waals surface area contributed by atoms with Crippen molar-refractivity contribution in [3.63, 3.8) is 0 Å². The maximum atomic E-state index is 12.0. The molecule has 1 aromatic heterocycles. The van der Waals surface area contributed by atoms with Crippen molar-refractivity contribution in [2.24, 2.45) is 10.2 Å². The number of carbonyl (C=O) groups is 2. The van der Waals surface area contributed by atoms with Gasteiger partial charge in [-0.1, -0.05) is 36.4 Å². The van der Waals surface area contributed by atoms with E-state index >= 15 is 0 Å². The van der Waals surface area contributed by atoms with Gasteiger partial charge in [-0.05, 0) is 35.7 Å². The summed E-state index contributed by atoms with van der Waals surface area (Å²) in [4.78, 5) is 33.4. The summed E-state index contributed by atoms with van der Waals surface area (Å²) in [7, 11) is -5.14. The molecule has 0 spiro atoms. The number of phenolic OH excluding ortho intramolecular Hbond substituents is 1. The molecule has 0 bridgehead atoms. The van der Waals surface area contributed by atoms with Gasteiger partial charge in [0.2, 0.25) is 11.9 Å². The molecule has 0 aliphatic rings. The number of benzene rings is 4. The SMILES string of the molecule is O=C([O-])c1ccccc1N=Nc1c(SO[O-])cc2cc(S(=O)(=O)[O-])cc(Nc3nc(O)nc(Nc4ccccc4C(=O)[O-])n3)c2c1O.[K+].[K+].[K+].[K+]. The Hall–Kier alpha value is 0.615. The molecule has 0 aliphatic carbocycles. The van der Waals surface area contributed by atoms with Gasteiger partial charge in [0.1, 0.15) is 15.8 Å². The van der Waals surface area contributed by atoms with Crippen LogP contribution in [0.25, 0.3) is 10.8 Å². The first-order chi connectivity index (χ1) is 22.3. The second-order valence-corrected chi connectivity index (χ2v) is 11.2. The van der Waals surface area contributed by atoms with Gasteiger partial charge in [0, 0.05) is 34.2 Å².